The van der Waals surface area contributed by atoms with Crippen LogP contribution in [0.3, 0.4) is 0 Å². The minimum atomic E-state index is 0.314. The molecule has 20 heavy (non-hydrogen) atoms. The fourth-order valence-electron chi connectivity index (χ4n) is 3.52. The Balaban J connectivity index is 2.18. The number of halogens is 2. The van der Waals surface area contributed by atoms with Gasteiger partial charge in [0.15, 0.2) is 0 Å². The van der Waals surface area contributed by atoms with Crippen molar-refractivity contribution >= 4 is 34.2 Å². The Morgan fingerprint density at radius 1 is 1.40 bits per heavy atom. The highest BCUT2D eigenvalue weighted by atomic mass is 35.5. The molecule has 1 atom stereocenters. The number of nitrogens with zero attached hydrogens (tertiary/aromatic N) is 2. The first-order valence-corrected chi connectivity index (χ1v) is 8.16. The number of hydrogen-bond donors (Lipinski definition) is 0. The SMILES string of the molecule is CC1(C)CCCC1n1c(CCCl)nc2cc(Cl)ccc21. The predicted octanol–water partition coefficient (Wildman–Crippen LogP) is 5.22. The summed E-state index contributed by atoms with van der Waals surface area (Å²) in [4.78, 5) is 4.77. The molecule has 1 unspecified atom stereocenters. The van der Waals surface area contributed by atoms with Gasteiger partial charge in [0.2, 0.25) is 0 Å². The quantitative estimate of drug-likeness (QED) is 0.710. The van der Waals surface area contributed by atoms with Crippen LogP contribution in [0, 0.1) is 5.41 Å². The minimum absolute atomic E-state index is 0.314. The molecule has 0 radical (unpaired) electrons. The van der Waals surface area contributed by atoms with Crippen LogP contribution in [0.5, 0.6) is 0 Å². The molecule has 1 aromatic carbocycles. The van der Waals surface area contributed by atoms with Crippen LogP contribution in [0.4, 0.5) is 0 Å². The van der Waals surface area contributed by atoms with E-state index < -0.39 is 0 Å². The number of rotatable bonds is 3. The Morgan fingerprint density at radius 3 is 2.85 bits per heavy atom. The molecule has 4 heteroatoms. The molecule has 0 bridgehead atoms. The molecule has 1 saturated carbocycles. The molecule has 1 heterocycles. The molecule has 0 aliphatic heterocycles. The highest BCUT2D eigenvalue weighted by Crippen LogP contribution is 2.47. The van der Waals surface area contributed by atoms with Crippen LogP contribution in [0.25, 0.3) is 11.0 Å². The first kappa shape index (κ1) is 14.2. The highest BCUT2D eigenvalue weighted by molar-refractivity contribution is 6.31. The zero-order chi connectivity index (χ0) is 14.3. The van der Waals surface area contributed by atoms with Crippen LogP contribution in [0.2, 0.25) is 5.02 Å². The van der Waals surface area contributed by atoms with Crippen LogP contribution >= 0.6 is 23.2 Å². The lowest BCUT2D eigenvalue weighted by Crippen LogP contribution is -2.23. The molecule has 0 spiro atoms. The Labute approximate surface area is 130 Å². The van der Waals surface area contributed by atoms with E-state index in [1.165, 1.54) is 24.8 Å². The molecule has 1 aliphatic rings. The van der Waals surface area contributed by atoms with Gasteiger partial charge < -0.3 is 4.57 Å². The lowest BCUT2D eigenvalue weighted by atomic mass is 9.87. The maximum Gasteiger partial charge on any atom is 0.111 e. The zero-order valence-corrected chi connectivity index (χ0v) is 13.5. The number of imidazole rings is 1. The molecule has 1 fully saturated rings. The van der Waals surface area contributed by atoms with Gasteiger partial charge in [-0.3, -0.25) is 0 Å². The number of aromatic nitrogens is 2. The summed E-state index contributed by atoms with van der Waals surface area (Å²) in [5, 5.41) is 0.741. The summed E-state index contributed by atoms with van der Waals surface area (Å²) >= 11 is 12.1. The van der Waals surface area contributed by atoms with Gasteiger partial charge in [0, 0.05) is 23.4 Å². The summed E-state index contributed by atoms with van der Waals surface area (Å²) in [6.07, 6.45) is 4.58. The van der Waals surface area contributed by atoms with Crippen LogP contribution in [0.15, 0.2) is 18.2 Å². The van der Waals surface area contributed by atoms with E-state index in [2.05, 4.69) is 24.5 Å². The van der Waals surface area contributed by atoms with Gasteiger partial charge in [-0.05, 0) is 36.5 Å². The summed E-state index contributed by atoms with van der Waals surface area (Å²) in [6.45, 7) is 4.72. The number of hydrogen-bond acceptors (Lipinski definition) is 1. The molecule has 3 rings (SSSR count). The van der Waals surface area contributed by atoms with E-state index >= 15 is 0 Å². The third-order valence-corrected chi connectivity index (χ3v) is 4.98. The standard InChI is InChI=1S/C16H20Cl2N2/c1-16(2)8-3-4-14(16)20-13-6-5-11(18)10-12(13)19-15(20)7-9-17/h5-6,10,14H,3-4,7-9H2,1-2H3. The van der Waals surface area contributed by atoms with Crippen molar-refractivity contribution in [2.24, 2.45) is 5.41 Å². The molecule has 0 N–H and O–H groups in total. The van der Waals surface area contributed by atoms with Crippen molar-refractivity contribution in [3.05, 3.63) is 29.0 Å². The van der Waals surface area contributed by atoms with E-state index in [4.69, 9.17) is 28.2 Å². The van der Waals surface area contributed by atoms with Gasteiger partial charge >= 0.3 is 0 Å². The summed E-state index contributed by atoms with van der Waals surface area (Å²) in [6, 6.07) is 6.50. The van der Waals surface area contributed by atoms with Crippen molar-refractivity contribution < 1.29 is 0 Å². The van der Waals surface area contributed by atoms with E-state index in [0.29, 0.717) is 17.3 Å². The number of benzene rings is 1. The summed E-state index contributed by atoms with van der Waals surface area (Å²) in [7, 11) is 0. The third-order valence-electron chi connectivity index (χ3n) is 4.56. The average molecular weight is 311 g/mol. The predicted molar refractivity (Wildman–Crippen MR) is 85.8 cm³/mol. The van der Waals surface area contributed by atoms with Gasteiger partial charge in [0.25, 0.3) is 0 Å². The van der Waals surface area contributed by atoms with Crippen molar-refractivity contribution in [3.8, 4) is 0 Å². The third kappa shape index (κ3) is 2.33. The normalized spacial score (nSPS) is 21.7. The Hall–Kier alpha value is -0.730. The second-order valence-corrected chi connectivity index (χ2v) is 7.18. The topological polar surface area (TPSA) is 17.8 Å². The van der Waals surface area contributed by atoms with E-state index in [9.17, 15) is 0 Å². The summed E-state index contributed by atoms with van der Waals surface area (Å²) in [5.74, 6) is 1.70. The second kappa shape index (κ2) is 5.23. The fourth-order valence-corrected chi connectivity index (χ4v) is 3.85. The van der Waals surface area contributed by atoms with Crippen molar-refractivity contribution in [2.45, 2.75) is 45.6 Å². The van der Waals surface area contributed by atoms with Gasteiger partial charge in [-0.1, -0.05) is 31.9 Å². The van der Waals surface area contributed by atoms with Crippen LogP contribution in [0.1, 0.15) is 45.0 Å². The lowest BCUT2D eigenvalue weighted by molar-refractivity contribution is 0.261. The lowest BCUT2D eigenvalue weighted by Gasteiger charge is -2.30. The van der Waals surface area contributed by atoms with E-state index in [1.807, 2.05) is 12.1 Å². The van der Waals surface area contributed by atoms with Crippen molar-refractivity contribution in [2.75, 3.05) is 5.88 Å². The first-order chi connectivity index (χ1) is 9.53. The van der Waals surface area contributed by atoms with Crippen LogP contribution in [-0.2, 0) is 6.42 Å². The number of fused-ring (bicyclic) bond motifs is 1. The highest BCUT2D eigenvalue weighted by Gasteiger charge is 2.37. The van der Waals surface area contributed by atoms with Gasteiger partial charge in [0.05, 0.1) is 11.0 Å². The monoisotopic (exact) mass is 310 g/mol. The molecule has 0 amide bonds. The van der Waals surface area contributed by atoms with Gasteiger partial charge in [0.1, 0.15) is 5.82 Å². The van der Waals surface area contributed by atoms with E-state index in [-0.39, 0.29) is 0 Å². The van der Waals surface area contributed by atoms with Crippen LogP contribution < -0.4 is 0 Å². The second-order valence-electron chi connectivity index (χ2n) is 6.37. The van der Waals surface area contributed by atoms with E-state index in [1.54, 1.807) is 0 Å². The molecular weight excluding hydrogens is 291 g/mol. The molecular formula is C16H20Cl2N2. The minimum Gasteiger partial charge on any atom is -0.324 e. The summed E-state index contributed by atoms with van der Waals surface area (Å²) in [5.41, 5.74) is 2.49. The molecule has 1 aliphatic carbocycles. The van der Waals surface area contributed by atoms with E-state index in [0.717, 1.165) is 22.8 Å². The smallest absolute Gasteiger partial charge is 0.111 e. The summed E-state index contributed by atoms with van der Waals surface area (Å²) < 4.78 is 2.42. The van der Waals surface area contributed by atoms with Gasteiger partial charge in [-0.2, -0.15) is 0 Å². The average Bonchev–Trinajstić information content (AvgIpc) is 2.88. The molecule has 2 aromatic rings. The first-order valence-electron chi connectivity index (χ1n) is 7.25. The number of alkyl halides is 1. The molecule has 0 saturated heterocycles. The maximum atomic E-state index is 6.10. The van der Waals surface area contributed by atoms with Crippen molar-refractivity contribution in [3.63, 3.8) is 0 Å². The van der Waals surface area contributed by atoms with Crippen LogP contribution in [-0.4, -0.2) is 15.4 Å². The van der Waals surface area contributed by atoms with Gasteiger partial charge in [-0.25, -0.2) is 4.98 Å². The maximum absolute atomic E-state index is 6.10. The largest absolute Gasteiger partial charge is 0.324 e. The zero-order valence-electron chi connectivity index (χ0n) is 12.0. The fraction of sp³-hybridized carbons (Fsp3) is 0.562. The molecule has 108 valence electrons. The molecule has 2 nitrogen and oxygen atoms in total. The van der Waals surface area contributed by atoms with Gasteiger partial charge in [-0.15, -0.1) is 11.6 Å². The van der Waals surface area contributed by atoms with Crippen molar-refractivity contribution in [1.82, 2.24) is 9.55 Å². The number of aryl methyl sites for hydroxylation is 1. The molecule has 1 aromatic heterocycles. The van der Waals surface area contributed by atoms with Crippen molar-refractivity contribution in [1.29, 1.82) is 0 Å². The Morgan fingerprint density at radius 2 is 2.20 bits per heavy atom. The Bertz CT molecular complexity index is 631. The Kier molecular flexibility index (Phi) is 3.72.